The summed E-state index contributed by atoms with van der Waals surface area (Å²) in [7, 11) is 1.74. The number of hydrogen-bond donors (Lipinski definition) is 2. The number of carboxylic acids is 2. The summed E-state index contributed by atoms with van der Waals surface area (Å²) in [6.45, 7) is 8.31. The Bertz CT molecular complexity index is 742. The second kappa shape index (κ2) is 12.4. The molecular formula is C21H31N3O6S. The third kappa shape index (κ3) is 7.62. The Kier molecular flexibility index (Phi) is 9.93. The third-order valence-electron chi connectivity index (χ3n) is 5.27. The van der Waals surface area contributed by atoms with Gasteiger partial charge in [-0.15, -0.1) is 11.8 Å². The number of methoxy groups -OCH3 is 1. The molecule has 1 aromatic carbocycles. The highest BCUT2D eigenvalue weighted by Crippen LogP contribution is 2.28. The number of carboxylic acid groups (broad SMARTS) is 2. The lowest BCUT2D eigenvalue weighted by molar-refractivity contribution is -0.159. The lowest BCUT2D eigenvalue weighted by Crippen LogP contribution is -2.46. The van der Waals surface area contributed by atoms with E-state index in [9.17, 15) is 4.79 Å². The van der Waals surface area contributed by atoms with E-state index < -0.39 is 11.9 Å². The van der Waals surface area contributed by atoms with Crippen molar-refractivity contribution >= 4 is 35.3 Å². The van der Waals surface area contributed by atoms with Gasteiger partial charge in [-0.05, 0) is 38.4 Å². The van der Waals surface area contributed by atoms with Gasteiger partial charge in [-0.3, -0.25) is 9.69 Å². The van der Waals surface area contributed by atoms with Crippen molar-refractivity contribution in [1.29, 1.82) is 0 Å². The van der Waals surface area contributed by atoms with Gasteiger partial charge < -0.3 is 24.7 Å². The van der Waals surface area contributed by atoms with Crippen LogP contribution in [0.15, 0.2) is 24.3 Å². The molecule has 1 unspecified atom stereocenters. The van der Waals surface area contributed by atoms with E-state index in [0.29, 0.717) is 5.91 Å². The summed E-state index contributed by atoms with van der Waals surface area (Å²) in [4.78, 5) is 37.1. The number of ether oxygens (including phenoxy) is 1. The molecule has 1 amide bonds. The minimum Gasteiger partial charge on any atom is -0.495 e. The minimum atomic E-state index is -1.82. The van der Waals surface area contributed by atoms with Crippen molar-refractivity contribution < 1.29 is 29.3 Å². The number of benzene rings is 1. The van der Waals surface area contributed by atoms with Crippen LogP contribution >= 0.6 is 11.8 Å². The van der Waals surface area contributed by atoms with E-state index in [2.05, 4.69) is 21.9 Å². The average Bonchev–Trinajstić information content (AvgIpc) is 3.09. The van der Waals surface area contributed by atoms with Gasteiger partial charge in [-0.2, -0.15) is 0 Å². The van der Waals surface area contributed by atoms with E-state index in [-0.39, 0.29) is 5.25 Å². The Morgan fingerprint density at radius 2 is 1.68 bits per heavy atom. The van der Waals surface area contributed by atoms with Gasteiger partial charge >= 0.3 is 11.9 Å². The number of nitrogens with zero attached hydrogens (tertiary/aromatic N) is 3. The molecule has 2 aliphatic heterocycles. The Morgan fingerprint density at radius 3 is 2.23 bits per heavy atom. The molecule has 2 saturated heterocycles. The second-order valence-corrected chi connectivity index (χ2v) is 8.66. The van der Waals surface area contributed by atoms with Gasteiger partial charge in [0.2, 0.25) is 5.91 Å². The normalized spacial score (nSPS) is 19.0. The zero-order valence-electron chi connectivity index (χ0n) is 18.0. The standard InChI is InChI=1S/C19H29N3O2S.C2H2O4/c1-16-19(23)22(15-25-16)10-6-5-9-20-11-13-21(14-12-20)17-7-3-4-8-18(17)24-2;3-1(4)2(5)6/h3-4,7-8,16H,5-6,9-15H2,1-2H3;(H,3,4)(H,5,6). The van der Waals surface area contributed by atoms with Crippen LogP contribution in [-0.4, -0.2) is 95.4 Å². The van der Waals surface area contributed by atoms with Crippen molar-refractivity contribution in [1.82, 2.24) is 9.80 Å². The molecule has 2 N–H and O–H groups in total. The van der Waals surface area contributed by atoms with Gasteiger partial charge in [-0.25, -0.2) is 9.59 Å². The minimum absolute atomic E-state index is 0.156. The van der Waals surface area contributed by atoms with Gasteiger partial charge in [-0.1, -0.05) is 12.1 Å². The Balaban J connectivity index is 0.000000501. The number of carbonyl (C=O) groups is 3. The molecule has 10 heteroatoms. The molecule has 0 radical (unpaired) electrons. The van der Waals surface area contributed by atoms with Gasteiger partial charge in [0.15, 0.2) is 0 Å². The zero-order chi connectivity index (χ0) is 22.8. The van der Waals surface area contributed by atoms with E-state index >= 15 is 0 Å². The smallest absolute Gasteiger partial charge is 0.414 e. The third-order valence-corrected chi connectivity index (χ3v) is 6.44. The highest BCUT2D eigenvalue weighted by Gasteiger charge is 2.27. The van der Waals surface area contributed by atoms with Crippen LogP contribution in [0.3, 0.4) is 0 Å². The number of piperazine rings is 1. The molecule has 2 fully saturated rings. The van der Waals surface area contributed by atoms with Crippen LogP contribution < -0.4 is 9.64 Å². The largest absolute Gasteiger partial charge is 0.495 e. The van der Waals surface area contributed by atoms with Gasteiger partial charge in [0.25, 0.3) is 0 Å². The first-order valence-corrected chi connectivity index (χ1v) is 11.3. The van der Waals surface area contributed by atoms with Crippen molar-refractivity contribution in [3.8, 4) is 5.75 Å². The fourth-order valence-electron chi connectivity index (χ4n) is 3.51. The summed E-state index contributed by atoms with van der Waals surface area (Å²) in [6, 6.07) is 8.26. The lowest BCUT2D eigenvalue weighted by Gasteiger charge is -2.36. The number of hydrogen-bond acceptors (Lipinski definition) is 7. The van der Waals surface area contributed by atoms with Crippen LogP contribution in [-0.2, 0) is 14.4 Å². The van der Waals surface area contributed by atoms with E-state index in [1.165, 1.54) is 5.69 Å². The summed E-state index contributed by atoms with van der Waals surface area (Å²) < 4.78 is 5.48. The molecule has 0 aliphatic carbocycles. The first-order chi connectivity index (χ1) is 14.8. The van der Waals surface area contributed by atoms with Crippen LogP contribution in [0.25, 0.3) is 0 Å². The van der Waals surface area contributed by atoms with E-state index in [1.807, 2.05) is 24.0 Å². The summed E-state index contributed by atoms with van der Waals surface area (Å²) in [5, 5.41) is 14.9. The molecule has 1 aromatic rings. The molecule has 31 heavy (non-hydrogen) atoms. The van der Waals surface area contributed by atoms with E-state index in [1.54, 1.807) is 18.9 Å². The number of aliphatic carboxylic acids is 2. The molecule has 172 valence electrons. The summed E-state index contributed by atoms with van der Waals surface area (Å²) in [5.41, 5.74) is 1.20. The number of carbonyl (C=O) groups excluding carboxylic acids is 1. The van der Waals surface area contributed by atoms with Crippen molar-refractivity contribution in [2.75, 3.05) is 57.2 Å². The number of thioether (sulfide) groups is 1. The second-order valence-electron chi connectivity index (χ2n) is 7.36. The van der Waals surface area contributed by atoms with Gasteiger partial charge in [0, 0.05) is 32.7 Å². The fraction of sp³-hybridized carbons (Fsp3) is 0.571. The predicted octanol–water partition coefficient (Wildman–Crippen LogP) is 1.67. The average molecular weight is 454 g/mol. The van der Waals surface area contributed by atoms with Gasteiger partial charge in [0.05, 0.1) is 23.9 Å². The Labute approximate surface area is 186 Å². The maximum atomic E-state index is 11.9. The maximum absolute atomic E-state index is 11.9. The monoisotopic (exact) mass is 453 g/mol. The van der Waals surface area contributed by atoms with E-state index in [0.717, 1.165) is 63.7 Å². The predicted molar refractivity (Wildman–Crippen MR) is 120 cm³/mol. The summed E-state index contributed by atoms with van der Waals surface area (Å²) in [6.07, 6.45) is 2.27. The Hall–Kier alpha value is -2.46. The number of amides is 1. The van der Waals surface area contributed by atoms with Crippen molar-refractivity contribution in [2.45, 2.75) is 25.0 Å². The van der Waals surface area contributed by atoms with Crippen LogP contribution in [0.1, 0.15) is 19.8 Å². The summed E-state index contributed by atoms with van der Waals surface area (Å²) in [5.74, 6) is -1.50. The molecule has 2 aliphatic rings. The van der Waals surface area contributed by atoms with Crippen LogP contribution in [0.2, 0.25) is 0 Å². The van der Waals surface area contributed by atoms with Crippen LogP contribution in [0.5, 0.6) is 5.75 Å². The van der Waals surface area contributed by atoms with Crippen molar-refractivity contribution in [2.24, 2.45) is 0 Å². The fourth-order valence-corrected chi connectivity index (χ4v) is 4.46. The lowest BCUT2D eigenvalue weighted by atomic mass is 10.2. The molecule has 0 saturated carbocycles. The summed E-state index contributed by atoms with van der Waals surface area (Å²) >= 11 is 1.75. The Morgan fingerprint density at radius 1 is 1.06 bits per heavy atom. The number of rotatable bonds is 7. The molecule has 9 nitrogen and oxygen atoms in total. The zero-order valence-corrected chi connectivity index (χ0v) is 18.8. The highest BCUT2D eigenvalue weighted by atomic mass is 32.2. The topological polar surface area (TPSA) is 111 Å². The number of para-hydroxylation sites is 2. The molecular weight excluding hydrogens is 422 g/mol. The highest BCUT2D eigenvalue weighted by molar-refractivity contribution is 8.01. The van der Waals surface area contributed by atoms with E-state index in [4.69, 9.17) is 24.5 Å². The SMILES string of the molecule is COc1ccccc1N1CCN(CCCCN2CSC(C)C2=O)CC1.O=C(O)C(=O)O. The van der Waals surface area contributed by atoms with Crippen molar-refractivity contribution in [3.05, 3.63) is 24.3 Å². The quantitative estimate of drug-likeness (QED) is 0.470. The van der Waals surface area contributed by atoms with Crippen molar-refractivity contribution in [3.63, 3.8) is 0 Å². The van der Waals surface area contributed by atoms with Crippen LogP contribution in [0.4, 0.5) is 5.69 Å². The molecule has 0 aromatic heterocycles. The molecule has 3 rings (SSSR count). The number of anilines is 1. The molecule has 1 atom stereocenters. The number of unbranched alkanes of at least 4 members (excludes halogenated alkanes) is 1. The molecule has 2 heterocycles. The maximum Gasteiger partial charge on any atom is 0.414 e. The molecule has 0 bridgehead atoms. The van der Waals surface area contributed by atoms with Crippen LogP contribution in [0, 0.1) is 0 Å². The first-order valence-electron chi connectivity index (χ1n) is 10.3. The molecule has 0 spiro atoms. The first kappa shape index (κ1) is 24.8. The van der Waals surface area contributed by atoms with Gasteiger partial charge in [0.1, 0.15) is 5.75 Å².